The first kappa shape index (κ1) is 79.1. The molecule has 2 aliphatic heterocycles. The van der Waals surface area contributed by atoms with Crippen LogP contribution in [-0.4, -0.2) is 206 Å². The van der Waals surface area contributed by atoms with Crippen molar-refractivity contribution in [1.82, 2.24) is 103 Å². The van der Waals surface area contributed by atoms with Crippen LogP contribution in [0, 0.1) is 5.92 Å². The van der Waals surface area contributed by atoms with Crippen LogP contribution in [0.2, 0.25) is 0 Å². The minimum absolute atomic E-state index is 0.0110. The van der Waals surface area contributed by atoms with Crippen LogP contribution in [0.15, 0.2) is 91.5 Å². The summed E-state index contributed by atoms with van der Waals surface area (Å²) in [4.78, 5) is 176. The molecule has 11 amide bonds. The van der Waals surface area contributed by atoms with Gasteiger partial charge in [-0.25, -0.2) is 15.2 Å². The Kier molecular flexibility index (Phi) is 27.8. The molecule has 0 radical (unpaired) electrons. The number of carbonyl (C=O) groups is 11. The van der Waals surface area contributed by atoms with Gasteiger partial charge in [0.1, 0.15) is 60.4 Å². The van der Waals surface area contributed by atoms with Gasteiger partial charge in [0.25, 0.3) is 0 Å². The maximum atomic E-state index is 15.4. The molecular formula is C70H95N25O12. The second-order valence-corrected chi connectivity index (χ2v) is 27.3. The third-order valence-corrected chi connectivity index (χ3v) is 18.1. The first-order valence-electron chi connectivity index (χ1n) is 35.5. The van der Waals surface area contributed by atoms with E-state index in [1.54, 1.807) is 79.0 Å². The molecule has 10 atom stereocenters. The first-order valence-corrected chi connectivity index (χ1v) is 35.5. The molecule has 572 valence electrons. The van der Waals surface area contributed by atoms with Gasteiger partial charge in [0.2, 0.25) is 88.8 Å². The van der Waals surface area contributed by atoms with E-state index >= 15 is 9.59 Å². The minimum atomic E-state index is -1.83. The number of hydrogen-bond donors (Lipinski definition) is 20. The number of likely N-dealkylation sites (tertiary alicyclic amines) is 1. The van der Waals surface area contributed by atoms with Crippen molar-refractivity contribution in [2.24, 2.45) is 11.7 Å². The molecule has 0 bridgehead atoms. The SMILES string of the molecule is CC(C)C[C@H](NC(=O)[C@@H](Cc1ccc(Nc2nc(N)n[nH]2)cc1)NC(=O)[C@H](Cc1ccc(Nc2nc(N)n[nH]2)cc1)NC(=O)[C@H](CO)NC(=O)[C@H](Cc1c[nH]c2ccccc12)NC(=O)[C@H](Cc1c[nH]cn1)NC(=O)[C@@H]1CCC(=O)N1)C(=O)N[C@@H](CCCCNC(C)C)C(=O)N1CCC[C@H]1C(=O)N[C@H](C)C(N)=O. The molecule has 4 aromatic heterocycles. The predicted octanol–water partition coefficient (Wildman–Crippen LogP) is -1.09. The maximum absolute atomic E-state index is 15.4. The highest BCUT2D eigenvalue weighted by Gasteiger charge is 2.41. The van der Waals surface area contributed by atoms with E-state index in [2.05, 4.69) is 109 Å². The minimum Gasteiger partial charge on any atom is -0.394 e. The molecule has 3 aromatic carbocycles. The van der Waals surface area contributed by atoms with E-state index in [4.69, 9.17) is 17.2 Å². The molecule has 0 unspecified atom stereocenters. The molecule has 6 heterocycles. The summed E-state index contributed by atoms with van der Waals surface area (Å²) in [6.07, 6.45) is 5.91. The monoisotopic (exact) mass is 1480 g/mol. The molecule has 7 aromatic rings. The van der Waals surface area contributed by atoms with Crippen LogP contribution >= 0.6 is 0 Å². The van der Waals surface area contributed by atoms with Gasteiger partial charge in [0, 0.05) is 79.4 Å². The third-order valence-electron chi connectivity index (χ3n) is 18.1. The molecule has 37 nitrogen and oxygen atoms in total. The van der Waals surface area contributed by atoms with Crippen molar-refractivity contribution in [3.63, 3.8) is 0 Å². The molecule has 37 heteroatoms. The van der Waals surface area contributed by atoms with E-state index in [0.717, 1.165) is 0 Å². The predicted molar refractivity (Wildman–Crippen MR) is 392 cm³/mol. The Hall–Kier alpha value is -12.0. The smallest absolute Gasteiger partial charge is 0.245 e. The Morgan fingerprint density at radius 3 is 1.67 bits per heavy atom. The summed E-state index contributed by atoms with van der Waals surface area (Å²) in [5.74, 6) is -8.20. The molecule has 107 heavy (non-hydrogen) atoms. The number of carbonyl (C=O) groups excluding carboxylic acids is 11. The van der Waals surface area contributed by atoms with E-state index in [1.165, 1.54) is 24.3 Å². The average Bonchev–Trinajstić information content (AvgIpc) is 1.76. The highest BCUT2D eigenvalue weighted by atomic mass is 16.3. The van der Waals surface area contributed by atoms with Crippen molar-refractivity contribution in [1.29, 1.82) is 0 Å². The summed E-state index contributed by atoms with van der Waals surface area (Å²) in [6.45, 7) is 8.80. The topological polar surface area (TPSA) is 561 Å². The number of aliphatic hydroxyl groups is 1. The Labute approximate surface area is 615 Å². The number of primary amides is 1. The van der Waals surface area contributed by atoms with Crippen LogP contribution in [0.25, 0.3) is 10.9 Å². The molecule has 0 aliphatic carbocycles. The number of nitrogens with zero attached hydrogens (tertiary/aromatic N) is 6. The number of nitrogen functional groups attached to an aromatic ring is 2. The highest BCUT2D eigenvalue weighted by molar-refractivity contribution is 6.00. The van der Waals surface area contributed by atoms with Gasteiger partial charge in [-0.3, -0.25) is 52.7 Å². The standard InChI is InChI=1S/C70H95N25O12/c1-36(2)27-49(59(100)82-48(13-8-9-25-75-37(3)4)66(107)95-26-10-14-55(95)65(106)78-38(5)57(71)98)83-60(101)50(28-39-15-19-42(20-16-39)79-69-89-67(72)91-93-69)84-61(102)51(29-40-17-21-43(22-18-40)80-70-90-68(73)92-94-70)85-64(105)54(34-96)88-62(103)52(30-41-32-76-46-12-7-6-11-45(41)46)86-63(104)53(31-44-33-74-35-77-44)87-58(99)47-23-24-56(97)81-47/h6-7,11-12,15-22,32-33,35-38,47-55,75-76,96H,8-10,13-14,23-31,34H2,1-5H3,(H2,71,98)(H,74,77)(H,78,106)(H,81,97)(H,82,100)(H,83,101)(H,84,102)(H,85,105)(H,86,104)(H,87,99)(H,88,103)(H4,72,79,89,91,93)(H4,73,80,90,92,94)/t38-,47+,48+,49+,50-,51+,52+,53+,54+,55+/m1/s1. The van der Waals surface area contributed by atoms with Crippen molar-refractivity contribution in [3.05, 3.63) is 114 Å². The number of aliphatic hydroxyl groups excluding tert-OH is 1. The van der Waals surface area contributed by atoms with Crippen LogP contribution in [-0.2, 0) is 78.4 Å². The number of H-pyrrole nitrogens is 4. The third kappa shape index (κ3) is 23.0. The molecule has 9 rings (SSSR count). The molecule has 2 aliphatic rings. The van der Waals surface area contributed by atoms with Crippen molar-refractivity contribution in [2.75, 3.05) is 41.8 Å². The fourth-order valence-electron chi connectivity index (χ4n) is 12.4. The summed E-state index contributed by atoms with van der Waals surface area (Å²) < 4.78 is 0. The fourth-order valence-corrected chi connectivity index (χ4v) is 12.4. The lowest BCUT2D eigenvalue weighted by atomic mass is 9.99. The van der Waals surface area contributed by atoms with Crippen molar-refractivity contribution < 1.29 is 57.8 Å². The Morgan fingerprint density at radius 1 is 0.607 bits per heavy atom. The average molecular weight is 1480 g/mol. The Morgan fingerprint density at radius 2 is 1.15 bits per heavy atom. The number of rotatable bonds is 39. The lowest BCUT2D eigenvalue weighted by Crippen LogP contribution is -2.61. The van der Waals surface area contributed by atoms with Crippen LogP contribution in [0.4, 0.5) is 35.2 Å². The summed E-state index contributed by atoms with van der Waals surface area (Å²) in [5, 5.41) is 58.6. The summed E-state index contributed by atoms with van der Waals surface area (Å²) in [6, 6.07) is 7.24. The van der Waals surface area contributed by atoms with Crippen LogP contribution < -0.4 is 81.0 Å². The number of benzene rings is 3. The number of aromatic amines is 4. The summed E-state index contributed by atoms with van der Waals surface area (Å²) in [7, 11) is 0. The van der Waals surface area contributed by atoms with E-state index in [0.29, 0.717) is 70.5 Å². The van der Waals surface area contributed by atoms with E-state index in [-0.39, 0.29) is 106 Å². The molecule has 23 N–H and O–H groups in total. The number of fused-ring (bicyclic) bond motifs is 1. The van der Waals surface area contributed by atoms with Crippen LogP contribution in [0.1, 0.15) is 108 Å². The number of unbranched alkanes of at least 4 members (excludes halogenated alkanes) is 1. The summed E-state index contributed by atoms with van der Waals surface area (Å²) >= 11 is 0. The second kappa shape index (κ2) is 37.6. The zero-order chi connectivity index (χ0) is 76.8. The van der Waals surface area contributed by atoms with Crippen molar-refractivity contribution >= 4 is 111 Å². The van der Waals surface area contributed by atoms with Crippen molar-refractivity contribution in [3.8, 4) is 0 Å². The first-order chi connectivity index (χ1) is 51.2. The Balaban J connectivity index is 1.00. The maximum Gasteiger partial charge on any atom is 0.245 e. The van der Waals surface area contributed by atoms with Gasteiger partial charge in [0.15, 0.2) is 0 Å². The van der Waals surface area contributed by atoms with Gasteiger partial charge >= 0.3 is 0 Å². The molecule has 2 saturated heterocycles. The lowest BCUT2D eigenvalue weighted by molar-refractivity contribution is -0.142. The van der Waals surface area contributed by atoms with Gasteiger partial charge in [-0.1, -0.05) is 70.2 Å². The second-order valence-electron chi connectivity index (χ2n) is 27.3. The highest BCUT2D eigenvalue weighted by Crippen LogP contribution is 2.24. The van der Waals surface area contributed by atoms with Gasteiger partial charge in [-0.05, 0) is 111 Å². The number of imidazole rings is 1. The van der Waals surface area contributed by atoms with Crippen LogP contribution in [0.3, 0.4) is 0 Å². The largest absolute Gasteiger partial charge is 0.394 e. The van der Waals surface area contributed by atoms with E-state index in [1.807, 2.05) is 27.7 Å². The van der Waals surface area contributed by atoms with Gasteiger partial charge in [0.05, 0.1) is 18.6 Å². The van der Waals surface area contributed by atoms with Gasteiger partial charge in [-0.2, -0.15) is 9.97 Å². The molecular weight excluding hydrogens is 1380 g/mol. The van der Waals surface area contributed by atoms with Crippen LogP contribution in [0.5, 0.6) is 0 Å². The number of anilines is 6. The van der Waals surface area contributed by atoms with Crippen molar-refractivity contribution in [2.45, 2.75) is 178 Å². The quantitative estimate of drug-likeness (QED) is 0.0204. The molecule has 0 spiro atoms. The van der Waals surface area contributed by atoms with E-state index < -0.39 is 126 Å². The molecule has 0 saturated carbocycles. The number of aromatic nitrogens is 9. The number of nitrogens with two attached hydrogens (primary N) is 3. The zero-order valence-corrected chi connectivity index (χ0v) is 60.0. The zero-order valence-electron chi connectivity index (χ0n) is 60.0. The number of para-hydroxylation sites is 1. The van der Waals surface area contributed by atoms with E-state index in [9.17, 15) is 48.3 Å². The lowest BCUT2D eigenvalue weighted by Gasteiger charge is -2.31. The number of nitrogens with one attached hydrogen (secondary N) is 16. The van der Waals surface area contributed by atoms with Gasteiger partial charge < -0.3 is 101 Å². The van der Waals surface area contributed by atoms with Gasteiger partial charge in [-0.15, -0.1) is 10.2 Å². The number of hydrogen-bond acceptors (Lipinski definition) is 22. The fraction of sp³-hybridized carbons (Fsp3) is 0.457. The summed E-state index contributed by atoms with van der Waals surface area (Å²) in [5.41, 5.74) is 20.5. The Bertz CT molecular complexity index is 4220. The normalized spacial score (nSPS) is 16.4. The number of amides is 11. The molecule has 2 fully saturated rings.